The van der Waals surface area contributed by atoms with E-state index in [1.807, 2.05) is 0 Å². The summed E-state index contributed by atoms with van der Waals surface area (Å²) in [6, 6.07) is 4.61. The first-order valence-corrected chi connectivity index (χ1v) is 10.1. The number of rotatable bonds is 11. The maximum Gasteiger partial charge on any atom is 0.330 e. The Morgan fingerprint density at radius 3 is 2.11 bits per heavy atom. The average molecular weight is 431 g/mol. The first kappa shape index (κ1) is 23.5. The van der Waals surface area contributed by atoms with Gasteiger partial charge in [0.1, 0.15) is 0 Å². The molecule has 27 heavy (non-hydrogen) atoms. The zero-order valence-corrected chi connectivity index (χ0v) is 17.3. The van der Waals surface area contributed by atoms with Crippen LogP contribution in [0.5, 0.6) is 11.5 Å². The number of ether oxygens (including phenoxy) is 3. The van der Waals surface area contributed by atoms with Gasteiger partial charge in [-0.1, -0.05) is 6.07 Å². The molecule has 0 atom stereocenters. The molecule has 6 nitrogen and oxygen atoms in total. The Labute approximate surface area is 174 Å². The van der Waals surface area contributed by atoms with Crippen LogP contribution >= 0.6 is 37.9 Å². The summed E-state index contributed by atoms with van der Waals surface area (Å²) in [5, 5.41) is 0. The second-order valence-corrected chi connectivity index (χ2v) is 6.52. The minimum absolute atomic E-state index is 0.0832. The van der Waals surface area contributed by atoms with E-state index >= 15 is 0 Å². The van der Waals surface area contributed by atoms with E-state index in [0.717, 1.165) is 0 Å². The van der Waals surface area contributed by atoms with E-state index in [4.69, 9.17) is 14.2 Å². The van der Waals surface area contributed by atoms with Crippen LogP contribution in [0.1, 0.15) is 24.8 Å². The average Bonchev–Trinajstić information content (AvgIpc) is 2.62. The van der Waals surface area contributed by atoms with Crippen molar-refractivity contribution in [2.45, 2.75) is 19.3 Å². The number of hydrogen-bond acceptors (Lipinski definition) is 9. The predicted octanol–water partition coefficient (Wildman–Crippen LogP) is 3.01. The Bertz CT molecular complexity index is 675. The van der Waals surface area contributed by atoms with E-state index in [9.17, 15) is 14.4 Å². The highest BCUT2D eigenvalue weighted by molar-refractivity contribution is 7.80. The van der Waals surface area contributed by atoms with Crippen molar-refractivity contribution in [1.82, 2.24) is 0 Å². The van der Waals surface area contributed by atoms with Crippen molar-refractivity contribution in [1.29, 1.82) is 0 Å². The molecule has 1 rings (SSSR count). The van der Waals surface area contributed by atoms with E-state index in [0.29, 0.717) is 35.8 Å². The summed E-state index contributed by atoms with van der Waals surface area (Å²) in [4.78, 5) is 35.1. The van der Waals surface area contributed by atoms with E-state index in [1.165, 1.54) is 24.3 Å². The van der Waals surface area contributed by atoms with Crippen LogP contribution in [0.2, 0.25) is 0 Å². The summed E-state index contributed by atoms with van der Waals surface area (Å²) < 4.78 is 15.4. The molecule has 0 amide bonds. The minimum Gasteiger partial charge on any atom is -0.462 e. The van der Waals surface area contributed by atoms with Gasteiger partial charge in [-0.15, -0.1) is 0 Å². The molecule has 0 N–H and O–H groups in total. The van der Waals surface area contributed by atoms with E-state index in [2.05, 4.69) is 37.9 Å². The quantitative estimate of drug-likeness (QED) is 0.165. The number of thiol groups is 3. The lowest BCUT2D eigenvalue weighted by molar-refractivity contribution is -0.137. The predicted molar refractivity (Wildman–Crippen MR) is 113 cm³/mol. The van der Waals surface area contributed by atoms with Gasteiger partial charge < -0.3 is 14.2 Å². The molecule has 0 radical (unpaired) electrons. The molecule has 0 bridgehead atoms. The van der Waals surface area contributed by atoms with Gasteiger partial charge in [0, 0.05) is 17.6 Å². The third kappa shape index (κ3) is 9.78. The van der Waals surface area contributed by atoms with Crippen LogP contribution in [-0.2, 0) is 19.1 Å². The van der Waals surface area contributed by atoms with Gasteiger partial charge in [0.25, 0.3) is 0 Å². The van der Waals surface area contributed by atoms with Gasteiger partial charge in [0.2, 0.25) is 0 Å². The van der Waals surface area contributed by atoms with Crippen LogP contribution in [0.15, 0.2) is 24.3 Å². The molecule has 0 spiro atoms. The smallest absolute Gasteiger partial charge is 0.330 e. The summed E-state index contributed by atoms with van der Waals surface area (Å²) >= 11 is 12.0. The first-order valence-electron chi connectivity index (χ1n) is 8.23. The van der Waals surface area contributed by atoms with Crippen molar-refractivity contribution >= 4 is 61.9 Å². The molecule has 0 saturated carbocycles. The lowest BCUT2D eigenvalue weighted by Gasteiger charge is -2.11. The molecular formula is C18H22O6S3. The van der Waals surface area contributed by atoms with Crippen molar-refractivity contribution in [3.63, 3.8) is 0 Å². The second kappa shape index (κ2) is 13.6. The van der Waals surface area contributed by atoms with Crippen LogP contribution in [0.25, 0.3) is 6.08 Å². The molecule has 0 aliphatic rings. The highest BCUT2D eigenvalue weighted by atomic mass is 32.1. The number of carbonyl (C=O) groups excluding carboxylic acids is 3. The van der Waals surface area contributed by atoms with Crippen molar-refractivity contribution in [3.8, 4) is 11.5 Å². The Kier molecular flexibility index (Phi) is 11.8. The molecule has 1 aromatic rings. The fraction of sp³-hybridized carbons (Fsp3) is 0.389. The lowest BCUT2D eigenvalue weighted by Crippen LogP contribution is -2.12. The molecule has 0 aliphatic carbocycles. The van der Waals surface area contributed by atoms with Gasteiger partial charge >= 0.3 is 17.9 Å². The summed E-state index contributed by atoms with van der Waals surface area (Å²) in [7, 11) is 0. The van der Waals surface area contributed by atoms with E-state index < -0.39 is 17.9 Å². The molecule has 9 heteroatoms. The fourth-order valence-electron chi connectivity index (χ4n) is 1.77. The second-order valence-electron chi connectivity index (χ2n) is 5.18. The summed E-state index contributed by atoms with van der Waals surface area (Å²) in [5.74, 6) is -0.00533. The van der Waals surface area contributed by atoms with Crippen LogP contribution in [-0.4, -0.2) is 41.8 Å². The van der Waals surface area contributed by atoms with E-state index in [1.54, 1.807) is 6.07 Å². The van der Waals surface area contributed by atoms with Gasteiger partial charge in [-0.2, -0.15) is 37.9 Å². The Morgan fingerprint density at radius 1 is 0.889 bits per heavy atom. The molecule has 0 fully saturated rings. The third-order valence-electron chi connectivity index (χ3n) is 3.01. The number of carbonyl (C=O) groups is 3. The Hall–Kier alpha value is -1.58. The third-order valence-corrected chi connectivity index (χ3v) is 3.77. The summed E-state index contributed by atoms with van der Waals surface area (Å²) in [6.07, 6.45) is 3.66. The van der Waals surface area contributed by atoms with Gasteiger partial charge in [0.15, 0.2) is 11.5 Å². The van der Waals surface area contributed by atoms with Crippen LogP contribution in [0.4, 0.5) is 0 Å². The number of esters is 3. The van der Waals surface area contributed by atoms with Crippen LogP contribution < -0.4 is 9.47 Å². The molecule has 0 saturated heterocycles. The molecule has 148 valence electrons. The topological polar surface area (TPSA) is 78.9 Å². The zero-order valence-electron chi connectivity index (χ0n) is 14.6. The highest BCUT2D eigenvalue weighted by Gasteiger charge is 2.14. The Morgan fingerprint density at radius 2 is 1.52 bits per heavy atom. The largest absolute Gasteiger partial charge is 0.462 e. The maximum absolute atomic E-state index is 11.8. The van der Waals surface area contributed by atoms with Crippen molar-refractivity contribution in [3.05, 3.63) is 29.8 Å². The summed E-state index contributed by atoms with van der Waals surface area (Å²) in [5.41, 5.74) is 0.573. The van der Waals surface area contributed by atoms with Gasteiger partial charge in [-0.3, -0.25) is 9.59 Å². The molecule has 1 aromatic carbocycles. The molecular weight excluding hydrogens is 408 g/mol. The Balaban J connectivity index is 2.92. The lowest BCUT2D eigenvalue weighted by atomic mass is 10.2. The van der Waals surface area contributed by atoms with Crippen molar-refractivity contribution < 1.29 is 28.6 Å². The summed E-state index contributed by atoms with van der Waals surface area (Å²) in [6.45, 7) is 0.291. The van der Waals surface area contributed by atoms with Gasteiger partial charge in [0.05, 0.1) is 19.4 Å². The highest BCUT2D eigenvalue weighted by Crippen LogP contribution is 2.30. The number of benzene rings is 1. The van der Waals surface area contributed by atoms with Gasteiger partial charge in [-0.05, 0) is 35.9 Å². The molecule has 0 aromatic heterocycles. The van der Waals surface area contributed by atoms with Crippen molar-refractivity contribution in [2.75, 3.05) is 23.9 Å². The molecule has 0 aliphatic heterocycles. The molecule has 0 unspecified atom stereocenters. The standard InChI is InChI=1S/C18H22O6S3/c19-16(22-8-1-9-25)5-3-13-2-4-14(23-17(20)6-10-26)15(12-13)24-18(21)7-11-27/h2-5,12,25-27H,1,6-11H2/b5-3+. The van der Waals surface area contributed by atoms with Crippen molar-refractivity contribution in [2.24, 2.45) is 0 Å². The van der Waals surface area contributed by atoms with Crippen LogP contribution in [0.3, 0.4) is 0 Å². The SMILES string of the molecule is O=C(/C=C/c1ccc(OC(=O)CCS)c(OC(=O)CCS)c1)OCCCS. The normalized spacial score (nSPS) is 10.6. The van der Waals surface area contributed by atoms with E-state index in [-0.39, 0.29) is 24.3 Å². The zero-order chi connectivity index (χ0) is 20.1. The number of hydrogen-bond donors (Lipinski definition) is 3. The minimum atomic E-state index is -0.510. The fourth-order valence-corrected chi connectivity index (χ4v) is 2.27. The first-order chi connectivity index (χ1) is 13.0. The monoisotopic (exact) mass is 430 g/mol. The molecule has 0 heterocycles. The van der Waals surface area contributed by atoms with Gasteiger partial charge in [-0.25, -0.2) is 4.79 Å². The maximum atomic E-state index is 11.8. The van der Waals surface area contributed by atoms with Crippen LogP contribution in [0, 0.1) is 0 Å².